The largest absolute Gasteiger partial charge is 0.491 e. The number of aromatic nitrogens is 2. The second-order valence-corrected chi connectivity index (χ2v) is 6.85. The average Bonchev–Trinajstić information content (AvgIpc) is 2.99. The molecule has 3 aromatic rings. The fourth-order valence-corrected chi connectivity index (χ4v) is 3.10. The number of para-hydroxylation sites is 2. The van der Waals surface area contributed by atoms with E-state index in [4.69, 9.17) is 16.3 Å². The highest BCUT2D eigenvalue weighted by atomic mass is 35.5. The average molecular weight is 388 g/mol. The van der Waals surface area contributed by atoms with Crippen molar-refractivity contribution in [3.8, 4) is 5.75 Å². The molecule has 0 aliphatic carbocycles. The molecule has 0 radical (unpaired) electrons. The number of rotatable bonds is 7. The molecule has 27 heavy (non-hydrogen) atoms. The predicted octanol–water partition coefficient (Wildman–Crippen LogP) is 3.33. The summed E-state index contributed by atoms with van der Waals surface area (Å²) in [5.41, 5.74) is 1.71. The first-order chi connectivity index (χ1) is 12.9. The van der Waals surface area contributed by atoms with Gasteiger partial charge in [0.2, 0.25) is 5.91 Å². The number of carbonyl (C=O) groups is 1. The van der Waals surface area contributed by atoms with E-state index < -0.39 is 6.10 Å². The third-order valence-electron chi connectivity index (χ3n) is 4.14. The van der Waals surface area contributed by atoms with E-state index in [-0.39, 0.29) is 18.6 Å². The number of hydrogen-bond acceptors (Lipinski definition) is 4. The summed E-state index contributed by atoms with van der Waals surface area (Å²) in [4.78, 5) is 16.1. The summed E-state index contributed by atoms with van der Waals surface area (Å²) in [6.45, 7) is 3.77. The Balaban J connectivity index is 1.77. The Morgan fingerprint density at radius 2 is 1.96 bits per heavy atom. The highest BCUT2D eigenvalue weighted by Gasteiger charge is 2.19. The van der Waals surface area contributed by atoms with Crippen molar-refractivity contribution in [3.63, 3.8) is 0 Å². The molecule has 0 saturated heterocycles. The Morgan fingerprint density at radius 1 is 1.26 bits per heavy atom. The zero-order valence-corrected chi connectivity index (χ0v) is 16.0. The molecule has 6 nitrogen and oxygen atoms in total. The SMILES string of the molecule is CC(=O)N[C@@H](C)c1nc2ccccc2n1C[C@H](O)COc1ccc(Cl)cc1. The van der Waals surface area contributed by atoms with Crippen molar-refractivity contribution in [1.82, 2.24) is 14.9 Å². The van der Waals surface area contributed by atoms with Gasteiger partial charge in [-0.25, -0.2) is 4.98 Å². The van der Waals surface area contributed by atoms with Crippen molar-refractivity contribution in [2.75, 3.05) is 6.61 Å². The number of aliphatic hydroxyl groups excluding tert-OH is 1. The van der Waals surface area contributed by atoms with Crippen molar-refractivity contribution in [2.24, 2.45) is 0 Å². The number of halogens is 1. The van der Waals surface area contributed by atoms with E-state index in [0.717, 1.165) is 11.0 Å². The second kappa shape index (κ2) is 8.41. The fraction of sp³-hybridized carbons (Fsp3) is 0.300. The molecule has 2 N–H and O–H groups in total. The Hall–Kier alpha value is -2.57. The van der Waals surface area contributed by atoms with Crippen molar-refractivity contribution in [2.45, 2.75) is 32.5 Å². The molecule has 7 heteroatoms. The standard InChI is InChI=1S/C20H22ClN3O3/c1-13(22-14(2)25)20-23-18-5-3-4-6-19(18)24(20)11-16(26)12-27-17-9-7-15(21)8-10-17/h3-10,13,16,26H,11-12H2,1-2H3,(H,22,25)/t13-,16-/m0/s1. The smallest absolute Gasteiger partial charge is 0.217 e. The molecule has 0 saturated carbocycles. The van der Waals surface area contributed by atoms with Gasteiger partial charge in [0.25, 0.3) is 0 Å². The number of aliphatic hydroxyl groups is 1. The Morgan fingerprint density at radius 3 is 2.67 bits per heavy atom. The lowest BCUT2D eigenvalue weighted by atomic mass is 10.2. The zero-order chi connectivity index (χ0) is 19.4. The molecule has 0 unspecified atom stereocenters. The van der Waals surface area contributed by atoms with Crippen LogP contribution >= 0.6 is 11.6 Å². The van der Waals surface area contributed by atoms with Crippen LogP contribution in [-0.4, -0.2) is 33.3 Å². The second-order valence-electron chi connectivity index (χ2n) is 6.41. The minimum absolute atomic E-state index is 0.127. The first kappa shape index (κ1) is 19.2. The van der Waals surface area contributed by atoms with E-state index in [2.05, 4.69) is 10.3 Å². The molecule has 0 aliphatic rings. The van der Waals surface area contributed by atoms with Crippen molar-refractivity contribution >= 4 is 28.5 Å². The molecule has 0 aliphatic heterocycles. The lowest BCUT2D eigenvalue weighted by Crippen LogP contribution is -2.29. The summed E-state index contributed by atoms with van der Waals surface area (Å²) in [6.07, 6.45) is -0.749. The van der Waals surface area contributed by atoms with Crippen molar-refractivity contribution < 1.29 is 14.6 Å². The molecule has 1 aromatic heterocycles. The van der Waals surface area contributed by atoms with E-state index >= 15 is 0 Å². The summed E-state index contributed by atoms with van der Waals surface area (Å²) in [5.74, 6) is 1.20. The normalized spacial score (nSPS) is 13.3. The van der Waals surface area contributed by atoms with Gasteiger partial charge in [-0.05, 0) is 43.3 Å². The van der Waals surface area contributed by atoms with Crippen LogP contribution in [0, 0.1) is 0 Å². The zero-order valence-electron chi connectivity index (χ0n) is 15.2. The highest BCUT2D eigenvalue weighted by Crippen LogP contribution is 2.22. The van der Waals surface area contributed by atoms with Crippen LogP contribution in [-0.2, 0) is 11.3 Å². The number of nitrogens with zero attached hydrogens (tertiary/aromatic N) is 2. The van der Waals surface area contributed by atoms with Gasteiger partial charge in [-0.15, -0.1) is 0 Å². The maximum atomic E-state index is 11.4. The number of amides is 1. The first-order valence-corrected chi connectivity index (χ1v) is 9.10. The molecule has 2 aromatic carbocycles. The molecule has 142 valence electrons. The van der Waals surface area contributed by atoms with Gasteiger partial charge in [-0.2, -0.15) is 0 Å². The Bertz CT molecular complexity index is 924. The molecular formula is C20H22ClN3O3. The van der Waals surface area contributed by atoms with E-state index in [0.29, 0.717) is 23.1 Å². The number of benzene rings is 2. The number of hydrogen-bond donors (Lipinski definition) is 2. The fourth-order valence-electron chi connectivity index (χ4n) is 2.97. The molecule has 2 atom stereocenters. The minimum Gasteiger partial charge on any atom is -0.491 e. The van der Waals surface area contributed by atoms with Gasteiger partial charge in [0.05, 0.1) is 23.6 Å². The van der Waals surface area contributed by atoms with Crippen molar-refractivity contribution in [1.29, 1.82) is 0 Å². The Kier molecular flexibility index (Phi) is 5.98. The number of ether oxygens (including phenoxy) is 1. The molecule has 0 spiro atoms. The third kappa shape index (κ3) is 4.78. The first-order valence-electron chi connectivity index (χ1n) is 8.72. The van der Waals surface area contributed by atoms with E-state index in [9.17, 15) is 9.90 Å². The number of carbonyl (C=O) groups excluding carboxylic acids is 1. The van der Waals surface area contributed by atoms with Gasteiger partial charge in [0, 0.05) is 11.9 Å². The van der Waals surface area contributed by atoms with Crippen LogP contribution in [0.4, 0.5) is 0 Å². The van der Waals surface area contributed by atoms with E-state index in [1.807, 2.05) is 35.8 Å². The maximum Gasteiger partial charge on any atom is 0.217 e. The van der Waals surface area contributed by atoms with Crippen LogP contribution in [0.25, 0.3) is 11.0 Å². The molecular weight excluding hydrogens is 366 g/mol. The third-order valence-corrected chi connectivity index (χ3v) is 4.39. The topological polar surface area (TPSA) is 76.4 Å². The van der Waals surface area contributed by atoms with Gasteiger partial charge in [0.1, 0.15) is 24.3 Å². The molecule has 1 heterocycles. The van der Waals surface area contributed by atoms with Gasteiger partial charge >= 0.3 is 0 Å². The molecule has 0 bridgehead atoms. The van der Waals surface area contributed by atoms with Gasteiger partial charge in [-0.1, -0.05) is 23.7 Å². The van der Waals surface area contributed by atoms with E-state index in [1.54, 1.807) is 24.3 Å². The predicted molar refractivity (Wildman–Crippen MR) is 105 cm³/mol. The highest BCUT2D eigenvalue weighted by molar-refractivity contribution is 6.30. The van der Waals surface area contributed by atoms with Crippen LogP contribution in [0.2, 0.25) is 5.02 Å². The van der Waals surface area contributed by atoms with Gasteiger partial charge in [0.15, 0.2) is 0 Å². The number of fused-ring (bicyclic) bond motifs is 1. The summed E-state index contributed by atoms with van der Waals surface area (Å²) >= 11 is 5.86. The van der Waals surface area contributed by atoms with Gasteiger partial charge < -0.3 is 19.7 Å². The summed E-state index contributed by atoms with van der Waals surface area (Å²) < 4.78 is 7.56. The summed E-state index contributed by atoms with van der Waals surface area (Å²) in [5, 5.41) is 14.0. The summed E-state index contributed by atoms with van der Waals surface area (Å²) in [7, 11) is 0. The lowest BCUT2D eigenvalue weighted by molar-refractivity contribution is -0.119. The Labute approximate surface area is 162 Å². The van der Waals surface area contributed by atoms with Crippen LogP contribution in [0.3, 0.4) is 0 Å². The van der Waals surface area contributed by atoms with Crippen molar-refractivity contribution in [3.05, 3.63) is 59.4 Å². The van der Waals surface area contributed by atoms with Crippen LogP contribution in [0.15, 0.2) is 48.5 Å². The van der Waals surface area contributed by atoms with Crippen LogP contribution in [0.5, 0.6) is 5.75 Å². The monoisotopic (exact) mass is 387 g/mol. The van der Waals surface area contributed by atoms with Crippen LogP contribution in [0.1, 0.15) is 25.7 Å². The minimum atomic E-state index is -0.749. The maximum absolute atomic E-state index is 11.4. The van der Waals surface area contributed by atoms with Gasteiger partial charge in [-0.3, -0.25) is 4.79 Å². The van der Waals surface area contributed by atoms with E-state index in [1.165, 1.54) is 6.92 Å². The molecule has 3 rings (SSSR count). The summed E-state index contributed by atoms with van der Waals surface area (Å²) in [6, 6.07) is 14.4. The van der Waals surface area contributed by atoms with Crippen LogP contribution < -0.4 is 10.1 Å². The number of imidazole rings is 1. The quantitative estimate of drug-likeness (QED) is 0.652. The molecule has 1 amide bonds. The number of nitrogens with one attached hydrogen (secondary N) is 1. The molecule has 0 fully saturated rings. The lowest BCUT2D eigenvalue weighted by Gasteiger charge is -2.18.